The summed E-state index contributed by atoms with van der Waals surface area (Å²) in [6, 6.07) is 10.4. The Labute approximate surface area is 155 Å². The van der Waals surface area contributed by atoms with Crippen LogP contribution in [0, 0.1) is 5.82 Å². The molecule has 0 fully saturated rings. The summed E-state index contributed by atoms with van der Waals surface area (Å²) >= 11 is 3.65. The van der Waals surface area contributed by atoms with Crippen molar-refractivity contribution in [1.82, 2.24) is 4.98 Å². The minimum atomic E-state index is -0.698. The molecule has 0 saturated heterocycles. The summed E-state index contributed by atoms with van der Waals surface area (Å²) in [7, 11) is 0. The maximum Gasteiger partial charge on any atom is 0.123 e. The molecule has 0 amide bonds. The number of aliphatic hydroxyl groups is 1. The lowest BCUT2D eigenvalue weighted by Crippen LogP contribution is -2.11. The first-order chi connectivity index (χ1) is 12.2. The minimum absolute atomic E-state index is 0.0814. The second kappa shape index (κ2) is 7.36. The molecule has 1 N–H and O–H groups in total. The van der Waals surface area contributed by atoms with Crippen molar-refractivity contribution in [3.8, 4) is 0 Å². The number of benzene rings is 1. The van der Waals surface area contributed by atoms with Crippen molar-refractivity contribution in [3.05, 3.63) is 87.2 Å². The quantitative estimate of drug-likeness (QED) is 0.814. The molecule has 0 spiro atoms. The van der Waals surface area contributed by atoms with Gasteiger partial charge in [0.2, 0.25) is 0 Å². The Morgan fingerprint density at radius 2 is 2.00 bits per heavy atom. The van der Waals surface area contributed by atoms with Crippen LogP contribution in [0.25, 0.3) is 0 Å². The molecule has 0 radical (unpaired) electrons. The molecule has 0 saturated carbocycles. The van der Waals surface area contributed by atoms with Gasteiger partial charge >= 0.3 is 0 Å². The fraction of sp³-hybridized carbons (Fsp3) is 0.250. The molecular formula is C20H18FNOS2. The Hall–Kier alpha value is -1.56. The molecule has 1 aromatic carbocycles. The fourth-order valence-electron chi connectivity index (χ4n) is 3.29. The largest absolute Gasteiger partial charge is 0.384 e. The van der Waals surface area contributed by atoms with Gasteiger partial charge < -0.3 is 5.11 Å². The van der Waals surface area contributed by atoms with Crippen molar-refractivity contribution in [2.45, 2.75) is 18.4 Å². The smallest absolute Gasteiger partial charge is 0.123 e. The van der Waals surface area contributed by atoms with Crippen LogP contribution in [0.3, 0.4) is 0 Å². The van der Waals surface area contributed by atoms with Gasteiger partial charge in [0.1, 0.15) is 11.9 Å². The van der Waals surface area contributed by atoms with Gasteiger partial charge in [0.15, 0.2) is 0 Å². The van der Waals surface area contributed by atoms with Crippen LogP contribution in [0.4, 0.5) is 4.39 Å². The van der Waals surface area contributed by atoms with E-state index >= 15 is 0 Å². The number of thioether (sulfide) groups is 2. The lowest BCUT2D eigenvalue weighted by atomic mass is 9.86. The van der Waals surface area contributed by atoms with E-state index < -0.39 is 6.10 Å². The highest BCUT2D eigenvalue weighted by atomic mass is 32.2. The standard InChI is InChI=1S/C20H18FNOS2/c21-15-7-5-13(6-8-15)16-12-25-20(17-4-2-10-24-17)18(16)19(23)14-3-1-9-22-11-14/h1,3-9,11,16,19,23H,2,10,12H2. The van der Waals surface area contributed by atoms with Gasteiger partial charge in [-0.1, -0.05) is 24.3 Å². The fourth-order valence-corrected chi connectivity index (χ4v) is 5.94. The summed E-state index contributed by atoms with van der Waals surface area (Å²) < 4.78 is 13.3. The van der Waals surface area contributed by atoms with Gasteiger partial charge in [-0.2, -0.15) is 0 Å². The van der Waals surface area contributed by atoms with Gasteiger partial charge in [0.25, 0.3) is 0 Å². The Morgan fingerprint density at radius 1 is 1.16 bits per heavy atom. The van der Waals surface area contributed by atoms with Crippen molar-refractivity contribution in [3.63, 3.8) is 0 Å². The van der Waals surface area contributed by atoms with Crippen LogP contribution in [-0.4, -0.2) is 21.6 Å². The van der Waals surface area contributed by atoms with Crippen molar-refractivity contribution in [2.24, 2.45) is 0 Å². The SMILES string of the molecule is OC(C1=C(C2=CCCS2)SCC1c1ccc(F)cc1)c1cccnc1. The summed E-state index contributed by atoms with van der Waals surface area (Å²) in [6.45, 7) is 0. The molecule has 2 aliphatic heterocycles. The van der Waals surface area contributed by atoms with E-state index in [1.54, 1.807) is 24.2 Å². The predicted octanol–water partition coefficient (Wildman–Crippen LogP) is 5.06. The monoisotopic (exact) mass is 371 g/mol. The Bertz CT molecular complexity index is 817. The molecule has 0 bridgehead atoms. The van der Waals surface area contributed by atoms with Gasteiger partial charge in [-0.25, -0.2) is 4.39 Å². The van der Waals surface area contributed by atoms with Crippen molar-refractivity contribution < 1.29 is 9.50 Å². The minimum Gasteiger partial charge on any atom is -0.384 e. The Morgan fingerprint density at radius 3 is 2.68 bits per heavy atom. The number of pyridine rings is 1. The zero-order chi connectivity index (χ0) is 17.2. The number of allylic oxidation sites excluding steroid dienone is 1. The molecule has 128 valence electrons. The highest BCUT2D eigenvalue weighted by Gasteiger charge is 2.34. The summed E-state index contributed by atoms with van der Waals surface area (Å²) in [5, 5.41) is 11.1. The molecule has 2 aromatic rings. The molecule has 25 heavy (non-hydrogen) atoms. The van der Waals surface area contributed by atoms with E-state index in [0.717, 1.165) is 34.6 Å². The van der Waals surface area contributed by atoms with Gasteiger partial charge in [-0.05, 0) is 35.8 Å². The van der Waals surface area contributed by atoms with Crippen LogP contribution in [0.5, 0.6) is 0 Å². The topological polar surface area (TPSA) is 33.1 Å². The number of halogens is 1. The number of aliphatic hydroxyl groups excluding tert-OH is 1. The number of rotatable bonds is 4. The maximum atomic E-state index is 13.3. The average molecular weight is 372 g/mol. The highest BCUT2D eigenvalue weighted by molar-refractivity contribution is 8.08. The van der Waals surface area contributed by atoms with E-state index in [9.17, 15) is 9.50 Å². The summed E-state index contributed by atoms with van der Waals surface area (Å²) in [4.78, 5) is 6.61. The van der Waals surface area contributed by atoms with E-state index in [4.69, 9.17) is 0 Å². The second-order valence-electron chi connectivity index (χ2n) is 6.09. The second-order valence-corrected chi connectivity index (χ2v) is 8.26. The van der Waals surface area contributed by atoms with E-state index in [0.29, 0.717) is 0 Å². The number of aromatic nitrogens is 1. The summed E-state index contributed by atoms with van der Waals surface area (Å²) in [6.07, 6.45) is 6.06. The van der Waals surface area contributed by atoms with Crippen LogP contribution in [0.1, 0.15) is 29.6 Å². The molecular weight excluding hydrogens is 353 g/mol. The molecule has 3 heterocycles. The average Bonchev–Trinajstić information content (AvgIpc) is 3.32. The van der Waals surface area contributed by atoms with Crippen LogP contribution in [-0.2, 0) is 0 Å². The zero-order valence-electron chi connectivity index (χ0n) is 13.6. The van der Waals surface area contributed by atoms with E-state index in [2.05, 4.69) is 11.1 Å². The molecule has 0 aliphatic carbocycles. The van der Waals surface area contributed by atoms with Gasteiger partial charge in [0, 0.05) is 45.2 Å². The lowest BCUT2D eigenvalue weighted by molar-refractivity contribution is 0.209. The van der Waals surface area contributed by atoms with E-state index in [1.165, 1.54) is 21.9 Å². The first-order valence-corrected chi connectivity index (χ1v) is 10.2. The molecule has 4 rings (SSSR count). The number of hydrogen-bond donors (Lipinski definition) is 1. The summed E-state index contributed by atoms with van der Waals surface area (Å²) in [5.41, 5.74) is 2.86. The molecule has 2 aliphatic rings. The number of nitrogens with zero attached hydrogens (tertiary/aromatic N) is 1. The number of hydrogen-bond acceptors (Lipinski definition) is 4. The van der Waals surface area contributed by atoms with E-state index in [1.807, 2.05) is 36.0 Å². The van der Waals surface area contributed by atoms with Crippen LogP contribution in [0.15, 0.2) is 70.3 Å². The molecule has 2 nitrogen and oxygen atoms in total. The van der Waals surface area contributed by atoms with E-state index in [-0.39, 0.29) is 11.7 Å². The molecule has 1 aromatic heterocycles. The van der Waals surface area contributed by atoms with Gasteiger partial charge in [-0.3, -0.25) is 4.98 Å². The predicted molar refractivity (Wildman–Crippen MR) is 103 cm³/mol. The van der Waals surface area contributed by atoms with Gasteiger partial charge in [0.05, 0.1) is 0 Å². The third kappa shape index (κ3) is 3.41. The maximum absolute atomic E-state index is 13.3. The Balaban J connectivity index is 1.78. The lowest BCUT2D eigenvalue weighted by Gasteiger charge is -2.21. The third-order valence-corrected chi connectivity index (χ3v) is 7.02. The van der Waals surface area contributed by atoms with Crippen LogP contribution < -0.4 is 0 Å². The summed E-state index contributed by atoms with van der Waals surface area (Å²) in [5.74, 6) is 1.81. The molecule has 2 unspecified atom stereocenters. The van der Waals surface area contributed by atoms with Crippen molar-refractivity contribution in [2.75, 3.05) is 11.5 Å². The normalized spacial score (nSPS) is 21.5. The first-order valence-electron chi connectivity index (χ1n) is 8.27. The Kier molecular flexibility index (Phi) is 4.97. The third-order valence-electron chi connectivity index (χ3n) is 4.53. The zero-order valence-corrected chi connectivity index (χ0v) is 15.2. The first kappa shape index (κ1) is 16.9. The van der Waals surface area contributed by atoms with Crippen LogP contribution in [0.2, 0.25) is 0 Å². The highest BCUT2D eigenvalue weighted by Crippen LogP contribution is 2.52. The van der Waals surface area contributed by atoms with Crippen LogP contribution >= 0.6 is 23.5 Å². The van der Waals surface area contributed by atoms with Crippen molar-refractivity contribution >= 4 is 23.5 Å². The molecule has 2 atom stereocenters. The van der Waals surface area contributed by atoms with Gasteiger partial charge in [-0.15, -0.1) is 23.5 Å². The molecule has 5 heteroatoms. The van der Waals surface area contributed by atoms with Crippen molar-refractivity contribution in [1.29, 1.82) is 0 Å².